The molecule has 9 heteroatoms. The van der Waals surface area contributed by atoms with E-state index in [1.165, 1.54) is 17.5 Å². The molecule has 128 valence electrons. The molecule has 2 aromatic heterocycles. The van der Waals surface area contributed by atoms with Gasteiger partial charge in [-0.25, -0.2) is 18.1 Å². The lowest BCUT2D eigenvalue weighted by Gasteiger charge is -2.32. The third-order valence-corrected chi connectivity index (χ3v) is 6.98. The van der Waals surface area contributed by atoms with Crippen molar-refractivity contribution < 1.29 is 13.2 Å². The van der Waals surface area contributed by atoms with Crippen molar-refractivity contribution in [3.63, 3.8) is 0 Å². The molecular formula is C15H16ClN3O3S2. The maximum atomic E-state index is 12.4. The number of amides is 1. The van der Waals surface area contributed by atoms with Gasteiger partial charge in [0, 0.05) is 25.3 Å². The van der Waals surface area contributed by atoms with Crippen LogP contribution in [0.4, 0.5) is 0 Å². The van der Waals surface area contributed by atoms with Crippen molar-refractivity contribution in [2.24, 2.45) is 0 Å². The Bertz CT molecular complexity index is 799. The smallest absolute Gasteiger partial charge is 0.255 e. The molecule has 1 N–H and O–H groups in total. The maximum Gasteiger partial charge on any atom is 0.255 e. The highest BCUT2D eigenvalue weighted by Gasteiger charge is 2.27. The van der Waals surface area contributed by atoms with Gasteiger partial charge in [-0.1, -0.05) is 17.7 Å². The fourth-order valence-electron chi connectivity index (χ4n) is 2.58. The number of carbonyl (C=O) groups is 1. The number of likely N-dealkylation sites (tertiary alicyclic amines) is 1. The summed E-state index contributed by atoms with van der Waals surface area (Å²) in [5, 5.41) is 2.07. The molecule has 1 aliphatic rings. The number of piperidine rings is 1. The summed E-state index contributed by atoms with van der Waals surface area (Å²) >= 11 is 6.91. The van der Waals surface area contributed by atoms with E-state index in [0.29, 0.717) is 40.9 Å². The fraction of sp³-hybridized carbons (Fsp3) is 0.333. The van der Waals surface area contributed by atoms with Gasteiger partial charge in [-0.05, 0) is 36.4 Å². The second-order valence-electron chi connectivity index (χ2n) is 5.49. The van der Waals surface area contributed by atoms with Gasteiger partial charge in [0.15, 0.2) is 0 Å². The van der Waals surface area contributed by atoms with Crippen molar-refractivity contribution in [2.45, 2.75) is 23.1 Å². The molecule has 0 bridgehead atoms. The number of nitrogens with zero attached hydrogens (tertiary/aromatic N) is 2. The first kappa shape index (κ1) is 17.3. The number of aromatic nitrogens is 1. The zero-order valence-corrected chi connectivity index (χ0v) is 15.1. The molecule has 0 saturated carbocycles. The van der Waals surface area contributed by atoms with Gasteiger partial charge in [0.1, 0.15) is 9.36 Å². The van der Waals surface area contributed by atoms with Gasteiger partial charge in [0.05, 0.1) is 5.56 Å². The molecule has 0 spiro atoms. The Morgan fingerprint density at radius 1 is 1.29 bits per heavy atom. The van der Waals surface area contributed by atoms with Gasteiger partial charge in [0.25, 0.3) is 5.91 Å². The molecule has 1 aliphatic heterocycles. The molecule has 2 aromatic rings. The van der Waals surface area contributed by atoms with Gasteiger partial charge in [-0.15, -0.1) is 11.3 Å². The predicted molar refractivity (Wildman–Crippen MR) is 92.8 cm³/mol. The Balaban J connectivity index is 1.58. The highest BCUT2D eigenvalue weighted by atomic mass is 35.5. The molecule has 0 unspecified atom stereocenters. The summed E-state index contributed by atoms with van der Waals surface area (Å²) in [6.07, 6.45) is 2.62. The monoisotopic (exact) mass is 385 g/mol. The average Bonchev–Trinajstić information content (AvgIpc) is 3.11. The van der Waals surface area contributed by atoms with E-state index in [9.17, 15) is 13.2 Å². The number of nitrogens with one attached hydrogen (secondary N) is 1. The first-order valence-electron chi connectivity index (χ1n) is 7.42. The number of hydrogen-bond donors (Lipinski definition) is 1. The quantitative estimate of drug-likeness (QED) is 0.819. The lowest BCUT2D eigenvalue weighted by Crippen LogP contribution is -2.46. The van der Waals surface area contributed by atoms with Crippen LogP contribution in [0.3, 0.4) is 0 Å². The van der Waals surface area contributed by atoms with Gasteiger partial charge in [-0.2, -0.15) is 0 Å². The van der Waals surface area contributed by atoms with E-state index in [1.807, 2.05) is 0 Å². The molecule has 1 saturated heterocycles. The first-order valence-corrected chi connectivity index (χ1v) is 10.2. The molecule has 1 fully saturated rings. The van der Waals surface area contributed by atoms with E-state index in [2.05, 4.69) is 9.71 Å². The summed E-state index contributed by atoms with van der Waals surface area (Å²) in [5.74, 6) is -0.112. The van der Waals surface area contributed by atoms with E-state index in [4.69, 9.17) is 11.6 Å². The number of pyridine rings is 1. The van der Waals surface area contributed by atoms with Crippen LogP contribution in [0.15, 0.2) is 40.1 Å². The molecule has 0 aromatic carbocycles. The molecule has 3 rings (SSSR count). The molecule has 0 aliphatic carbocycles. The number of rotatable bonds is 4. The molecule has 0 radical (unpaired) electrons. The van der Waals surface area contributed by atoms with Crippen LogP contribution in [0, 0.1) is 0 Å². The Morgan fingerprint density at radius 3 is 2.62 bits per heavy atom. The zero-order valence-electron chi connectivity index (χ0n) is 12.7. The summed E-state index contributed by atoms with van der Waals surface area (Å²) < 4.78 is 27.5. The molecule has 6 nitrogen and oxygen atoms in total. The van der Waals surface area contributed by atoms with Crippen LogP contribution in [0.5, 0.6) is 0 Å². The van der Waals surface area contributed by atoms with Gasteiger partial charge >= 0.3 is 0 Å². The van der Waals surface area contributed by atoms with E-state index < -0.39 is 10.0 Å². The Hall–Kier alpha value is -1.48. The van der Waals surface area contributed by atoms with Crippen molar-refractivity contribution in [2.75, 3.05) is 13.1 Å². The van der Waals surface area contributed by atoms with Crippen LogP contribution < -0.4 is 4.72 Å². The minimum absolute atomic E-state index is 0.112. The van der Waals surface area contributed by atoms with Crippen LogP contribution in [-0.2, 0) is 10.0 Å². The largest absolute Gasteiger partial charge is 0.338 e. The van der Waals surface area contributed by atoms with Gasteiger partial charge in [0.2, 0.25) is 10.0 Å². The third kappa shape index (κ3) is 3.94. The number of carbonyl (C=O) groups excluding carboxylic acids is 1. The summed E-state index contributed by atoms with van der Waals surface area (Å²) in [5.41, 5.74) is 0.483. The van der Waals surface area contributed by atoms with E-state index in [1.54, 1.807) is 34.5 Å². The van der Waals surface area contributed by atoms with E-state index >= 15 is 0 Å². The third-order valence-electron chi connectivity index (χ3n) is 3.84. The molecular weight excluding hydrogens is 370 g/mol. The van der Waals surface area contributed by atoms with Crippen molar-refractivity contribution in [3.8, 4) is 0 Å². The number of thiophene rings is 1. The normalized spacial score (nSPS) is 16.3. The minimum atomic E-state index is -3.47. The summed E-state index contributed by atoms with van der Waals surface area (Å²) in [6, 6.07) is 6.35. The number of halogens is 1. The van der Waals surface area contributed by atoms with Crippen LogP contribution >= 0.6 is 22.9 Å². The van der Waals surface area contributed by atoms with E-state index in [0.717, 1.165) is 0 Å². The molecule has 1 amide bonds. The second kappa shape index (κ2) is 7.18. The fourth-order valence-corrected chi connectivity index (χ4v) is 5.01. The SMILES string of the molecule is O=C(c1ccc(Cl)nc1)N1CCC(NS(=O)(=O)c2cccs2)CC1. The lowest BCUT2D eigenvalue weighted by molar-refractivity contribution is 0.0711. The van der Waals surface area contributed by atoms with Crippen molar-refractivity contribution >= 4 is 38.9 Å². The summed E-state index contributed by atoms with van der Waals surface area (Å²) in [4.78, 5) is 18.0. The maximum absolute atomic E-state index is 12.4. The molecule has 3 heterocycles. The van der Waals surface area contributed by atoms with Crippen LogP contribution in [0.25, 0.3) is 0 Å². The topological polar surface area (TPSA) is 79.4 Å². The number of hydrogen-bond acceptors (Lipinski definition) is 5. The van der Waals surface area contributed by atoms with Crippen molar-refractivity contribution in [1.82, 2.24) is 14.6 Å². The minimum Gasteiger partial charge on any atom is -0.338 e. The average molecular weight is 386 g/mol. The van der Waals surface area contributed by atoms with Gasteiger partial charge < -0.3 is 4.90 Å². The highest BCUT2D eigenvalue weighted by molar-refractivity contribution is 7.91. The summed E-state index contributed by atoms with van der Waals surface area (Å²) in [6.45, 7) is 0.998. The number of sulfonamides is 1. The van der Waals surface area contributed by atoms with E-state index in [-0.39, 0.29) is 11.9 Å². The van der Waals surface area contributed by atoms with Crippen LogP contribution in [0.1, 0.15) is 23.2 Å². The Morgan fingerprint density at radius 2 is 2.04 bits per heavy atom. The first-order chi connectivity index (χ1) is 11.5. The molecule has 0 atom stereocenters. The van der Waals surface area contributed by atoms with Crippen molar-refractivity contribution in [1.29, 1.82) is 0 Å². The standard InChI is InChI=1S/C15H16ClN3O3S2/c16-13-4-3-11(10-17-13)15(20)19-7-5-12(6-8-19)18-24(21,22)14-2-1-9-23-14/h1-4,9-10,12,18H,5-8H2. The van der Waals surface area contributed by atoms with Crippen LogP contribution in [-0.4, -0.2) is 43.3 Å². The van der Waals surface area contributed by atoms with Crippen LogP contribution in [0.2, 0.25) is 5.15 Å². The zero-order chi connectivity index (χ0) is 17.2. The lowest BCUT2D eigenvalue weighted by atomic mass is 10.1. The predicted octanol–water partition coefficient (Wildman–Crippen LogP) is 2.38. The second-order valence-corrected chi connectivity index (χ2v) is 8.77. The van der Waals surface area contributed by atoms with Crippen molar-refractivity contribution in [3.05, 3.63) is 46.6 Å². The summed E-state index contributed by atoms with van der Waals surface area (Å²) in [7, 11) is -3.47. The Kier molecular flexibility index (Phi) is 5.19. The Labute approximate surface area is 149 Å². The highest BCUT2D eigenvalue weighted by Crippen LogP contribution is 2.19. The molecule has 24 heavy (non-hydrogen) atoms. The van der Waals surface area contributed by atoms with Gasteiger partial charge in [-0.3, -0.25) is 4.79 Å².